The summed E-state index contributed by atoms with van der Waals surface area (Å²) in [6.07, 6.45) is 0. The molecule has 7 heteroatoms. The van der Waals surface area contributed by atoms with Gasteiger partial charge >= 0.3 is 0 Å². The van der Waals surface area contributed by atoms with E-state index in [4.69, 9.17) is 11.6 Å². The van der Waals surface area contributed by atoms with Gasteiger partial charge < -0.3 is 4.57 Å². The predicted octanol–water partition coefficient (Wildman–Crippen LogP) is 3.48. The minimum Gasteiger partial charge on any atom is -0.307 e. The molecule has 0 saturated heterocycles. The number of aromatic nitrogens is 3. The fourth-order valence-corrected chi connectivity index (χ4v) is 2.41. The highest BCUT2D eigenvalue weighted by molar-refractivity contribution is 6.16. The highest BCUT2D eigenvalue weighted by atomic mass is 35.5. The minimum absolute atomic E-state index is 0.0282. The molecular formula is C13H15ClN4O2. The maximum Gasteiger partial charge on any atom is 0.280 e. The Balaban J connectivity index is 2.75. The molecule has 0 radical (unpaired) electrons. The quantitative estimate of drug-likeness (QED) is 0.491. The van der Waals surface area contributed by atoms with E-state index in [1.54, 1.807) is 6.07 Å². The van der Waals surface area contributed by atoms with Crippen LogP contribution in [0.5, 0.6) is 0 Å². The fraction of sp³-hybridized carbons (Fsp3) is 0.385. The number of hydrogen-bond acceptors (Lipinski definition) is 4. The topological polar surface area (TPSA) is 73.8 Å². The number of alkyl halides is 1. The Morgan fingerprint density at radius 3 is 2.65 bits per heavy atom. The Morgan fingerprint density at radius 2 is 2.10 bits per heavy atom. The molecule has 20 heavy (non-hydrogen) atoms. The van der Waals surface area contributed by atoms with Gasteiger partial charge in [-0.25, -0.2) is 0 Å². The number of halogens is 1. The zero-order chi connectivity index (χ0) is 14.9. The van der Waals surface area contributed by atoms with E-state index < -0.39 is 4.92 Å². The van der Waals surface area contributed by atoms with Crippen molar-refractivity contribution in [2.24, 2.45) is 0 Å². The van der Waals surface area contributed by atoms with Crippen LogP contribution in [0.2, 0.25) is 0 Å². The van der Waals surface area contributed by atoms with Crippen LogP contribution in [0.25, 0.3) is 11.4 Å². The van der Waals surface area contributed by atoms with E-state index in [0.717, 1.165) is 5.56 Å². The molecule has 0 aliphatic rings. The Labute approximate surface area is 121 Å². The van der Waals surface area contributed by atoms with Crippen molar-refractivity contribution in [2.45, 2.75) is 32.7 Å². The summed E-state index contributed by atoms with van der Waals surface area (Å²) in [5, 5.41) is 19.4. The van der Waals surface area contributed by atoms with Crippen LogP contribution in [0.15, 0.2) is 18.2 Å². The van der Waals surface area contributed by atoms with Crippen LogP contribution in [0.4, 0.5) is 5.69 Å². The SMILES string of the molecule is Cc1cccc([N+](=O)[O-])c1-c1nnc(CCl)n1C(C)C. The highest BCUT2D eigenvalue weighted by Gasteiger charge is 2.24. The van der Waals surface area contributed by atoms with E-state index in [9.17, 15) is 10.1 Å². The van der Waals surface area contributed by atoms with Crippen molar-refractivity contribution < 1.29 is 4.92 Å². The van der Waals surface area contributed by atoms with Gasteiger partial charge in [0.2, 0.25) is 0 Å². The molecule has 0 amide bonds. The molecule has 0 bridgehead atoms. The Hall–Kier alpha value is -1.95. The van der Waals surface area contributed by atoms with E-state index in [1.165, 1.54) is 6.07 Å². The minimum atomic E-state index is -0.401. The second-order valence-corrected chi connectivity index (χ2v) is 5.03. The molecule has 1 aromatic carbocycles. The van der Waals surface area contributed by atoms with Gasteiger partial charge in [0, 0.05) is 12.1 Å². The molecule has 1 heterocycles. The number of hydrogen-bond donors (Lipinski definition) is 0. The molecular weight excluding hydrogens is 280 g/mol. The molecule has 0 unspecified atom stereocenters. The van der Waals surface area contributed by atoms with Crippen LogP contribution in [0.1, 0.15) is 31.3 Å². The lowest BCUT2D eigenvalue weighted by Gasteiger charge is -2.14. The summed E-state index contributed by atoms with van der Waals surface area (Å²) in [4.78, 5) is 10.8. The van der Waals surface area contributed by atoms with E-state index in [1.807, 2.05) is 31.4 Å². The predicted molar refractivity (Wildman–Crippen MR) is 76.8 cm³/mol. The average Bonchev–Trinajstić information content (AvgIpc) is 2.81. The van der Waals surface area contributed by atoms with Gasteiger partial charge in [0.05, 0.1) is 16.4 Å². The summed E-state index contributed by atoms with van der Waals surface area (Å²) in [5.74, 6) is 1.31. The van der Waals surface area contributed by atoms with Crippen molar-refractivity contribution in [1.29, 1.82) is 0 Å². The average molecular weight is 295 g/mol. The third-order valence-corrected chi connectivity index (χ3v) is 3.31. The number of nitro groups is 1. The van der Waals surface area contributed by atoms with E-state index in [-0.39, 0.29) is 17.6 Å². The largest absolute Gasteiger partial charge is 0.307 e. The summed E-state index contributed by atoms with van der Waals surface area (Å²) >= 11 is 5.86. The first kappa shape index (κ1) is 14.5. The third kappa shape index (κ3) is 2.38. The summed E-state index contributed by atoms with van der Waals surface area (Å²) < 4.78 is 1.84. The summed E-state index contributed by atoms with van der Waals surface area (Å²) in [6.45, 7) is 5.75. The van der Waals surface area contributed by atoms with Crippen LogP contribution >= 0.6 is 11.6 Å². The lowest BCUT2D eigenvalue weighted by Crippen LogP contribution is -2.08. The van der Waals surface area contributed by atoms with Gasteiger partial charge in [-0.05, 0) is 26.3 Å². The number of rotatable bonds is 4. The zero-order valence-electron chi connectivity index (χ0n) is 11.5. The molecule has 2 aromatic rings. The Morgan fingerprint density at radius 1 is 1.40 bits per heavy atom. The molecule has 0 aliphatic heterocycles. The Bertz CT molecular complexity index is 652. The Kier molecular flexibility index (Phi) is 4.04. The second-order valence-electron chi connectivity index (χ2n) is 4.76. The van der Waals surface area contributed by atoms with Gasteiger partial charge in [0.25, 0.3) is 5.69 Å². The lowest BCUT2D eigenvalue weighted by molar-refractivity contribution is -0.384. The van der Waals surface area contributed by atoms with Crippen molar-refractivity contribution in [1.82, 2.24) is 14.8 Å². The number of aryl methyl sites for hydroxylation is 1. The summed E-state index contributed by atoms with van der Waals surface area (Å²) in [6, 6.07) is 5.02. The van der Waals surface area contributed by atoms with Crippen molar-refractivity contribution >= 4 is 17.3 Å². The molecule has 0 spiro atoms. The van der Waals surface area contributed by atoms with Crippen molar-refractivity contribution in [3.63, 3.8) is 0 Å². The van der Waals surface area contributed by atoms with Crippen LogP contribution < -0.4 is 0 Å². The normalized spacial score (nSPS) is 11.1. The zero-order valence-corrected chi connectivity index (χ0v) is 12.3. The molecule has 2 rings (SSSR count). The van der Waals surface area contributed by atoms with E-state index in [2.05, 4.69) is 10.2 Å². The fourth-order valence-electron chi connectivity index (χ4n) is 2.22. The first-order valence-electron chi connectivity index (χ1n) is 6.21. The smallest absolute Gasteiger partial charge is 0.280 e. The first-order valence-corrected chi connectivity index (χ1v) is 6.75. The van der Waals surface area contributed by atoms with Crippen molar-refractivity contribution in [3.8, 4) is 11.4 Å². The molecule has 0 N–H and O–H groups in total. The first-order chi connectivity index (χ1) is 9.47. The second kappa shape index (κ2) is 5.58. The van der Waals surface area contributed by atoms with Gasteiger partial charge in [-0.2, -0.15) is 0 Å². The van der Waals surface area contributed by atoms with Crippen LogP contribution in [-0.2, 0) is 5.88 Å². The summed E-state index contributed by atoms with van der Waals surface area (Å²) in [5.41, 5.74) is 1.31. The van der Waals surface area contributed by atoms with Gasteiger partial charge in [-0.3, -0.25) is 10.1 Å². The molecule has 6 nitrogen and oxygen atoms in total. The summed E-state index contributed by atoms with van der Waals surface area (Å²) in [7, 11) is 0. The molecule has 0 aliphatic carbocycles. The van der Waals surface area contributed by atoms with Crippen LogP contribution in [0.3, 0.4) is 0 Å². The maximum atomic E-state index is 11.2. The molecule has 106 valence electrons. The van der Waals surface area contributed by atoms with Gasteiger partial charge in [-0.1, -0.05) is 12.1 Å². The molecule has 0 fully saturated rings. The van der Waals surface area contributed by atoms with Crippen LogP contribution in [-0.4, -0.2) is 19.7 Å². The monoisotopic (exact) mass is 294 g/mol. The van der Waals surface area contributed by atoms with Gasteiger partial charge in [-0.15, -0.1) is 21.8 Å². The van der Waals surface area contributed by atoms with E-state index >= 15 is 0 Å². The van der Waals surface area contributed by atoms with Gasteiger partial charge in [0.1, 0.15) is 5.82 Å². The molecule has 0 atom stereocenters. The van der Waals surface area contributed by atoms with E-state index in [0.29, 0.717) is 17.2 Å². The number of nitro benzene ring substituents is 1. The molecule has 0 saturated carbocycles. The van der Waals surface area contributed by atoms with Gasteiger partial charge in [0.15, 0.2) is 5.82 Å². The maximum absolute atomic E-state index is 11.2. The third-order valence-electron chi connectivity index (χ3n) is 3.07. The highest BCUT2D eigenvalue weighted by Crippen LogP contribution is 2.33. The van der Waals surface area contributed by atoms with Crippen molar-refractivity contribution in [3.05, 3.63) is 39.7 Å². The van der Waals surface area contributed by atoms with Crippen LogP contribution in [0, 0.1) is 17.0 Å². The lowest BCUT2D eigenvalue weighted by atomic mass is 10.1. The number of benzene rings is 1. The van der Waals surface area contributed by atoms with Crippen molar-refractivity contribution in [2.75, 3.05) is 0 Å². The molecule has 1 aromatic heterocycles. The standard InChI is InChI=1S/C13H15ClN4O2/c1-8(2)17-11(7-14)15-16-13(17)12-9(3)5-4-6-10(12)18(19)20/h4-6,8H,7H2,1-3H3. The number of nitrogens with zero attached hydrogens (tertiary/aromatic N) is 4.